The Hall–Kier alpha value is -0.320. The first-order valence-corrected chi connectivity index (χ1v) is 2.91. The Bertz CT molecular complexity index is 131. The molecule has 0 radical (unpaired) electrons. The second kappa shape index (κ2) is 3.75. The summed E-state index contributed by atoms with van der Waals surface area (Å²) >= 11 is 0. The highest BCUT2D eigenvalue weighted by Gasteiger charge is 2.25. The lowest BCUT2D eigenvalue weighted by Gasteiger charge is -2.01. The van der Waals surface area contributed by atoms with E-state index in [0.717, 1.165) is 0 Å². The van der Waals surface area contributed by atoms with E-state index < -0.39 is 6.10 Å². The number of nitrogens with two attached hydrogens (primary N) is 1. The highest BCUT2D eigenvalue weighted by Crippen LogP contribution is 2.04. The zero-order valence-electron chi connectivity index (χ0n) is 5.41. The monoisotopic (exact) mass is 166 g/mol. The third-order valence-electron chi connectivity index (χ3n) is 1.45. The smallest absolute Gasteiger partial charge is 0.234 e. The molecule has 1 fully saturated rings. The zero-order valence-corrected chi connectivity index (χ0v) is 6.23. The van der Waals surface area contributed by atoms with Crippen LogP contribution in [0.4, 0.5) is 0 Å². The van der Waals surface area contributed by atoms with Gasteiger partial charge in [0.15, 0.2) is 0 Å². The molecule has 0 aromatic heterocycles. The average Bonchev–Trinajstić information content (AvgIpc) is 2.14. The van der Waals surface area contributed by atoms with Crippen LogP contribution in [0.1, 0.15) is 6.42 Å². The standard InChI is InChI=1S/C5H10N2O2.ClH/c6-5(9)4-1-3(8)2-7-4;/h3-4,7-8H,1-2H2,(H2,6,9);1H. The molecule has 1 aliphatic heterocycles. The summed E-state index contributed by atoms with van der Waals surface area (Å²) in [5, 5.41) is 11.7. The minimum atomic E-state index is -0.400. The first-order valence-electron chi connectivity index (χ1n) is 2.91. The minimum Gasteiger partial charge on any atom is -0.392 e. The van der Waals surface area contributed by atoms with Gasteiger partial charge in [0.1, 0.15) is 0 Å². The van der Waals surface area contributed by atoms with Gasteiger partial charge in [-0.2, -0.15) is 0 Å². The van der Waals surface area contributed by atoms with Crippen LogP contribution in [0, 0.1) is 0 Å². The number of aliphatic hydroxyl groups excluding tert-OH is 1. The van der Waals surface area contributed by atoms with Crippen molar-refractivity contribution in [2.24, 2.45) is 5.73 Å². The number of nitrogens with one attached hydrogen (secondary N) is 1. The maximum Gasteiger partial charge on any atom is 0.234 e. The lowest BCUT2D eigenvalue weighted by Crippen LogP contribution is -2.36. The van der Waals surface area contributed by atoms with E-state index in [4.69, 9.17) is 10.8 Å². The van der Waals surface area contributed by atoms with E-state index in [-0.39, 0.29) is 24.4 Å². The molecule has 60 valence electrons. The molecule has 1 rings (SSSR count). The molecule has 1 heterocycles. The SMILES string of the molecule is Cl.NC(=O)C1CC(O)CN1. The van der Waals surface area contributed by atoms with Crippen molar-refractivity contribution in [3.63, 3.8) is 0 Å². The maximum absolute atomic E-state index is 10.4. The predicted molar refractivity (Wildman–Crippen MR) is 38.9 cm³/mol. The lowest BCUT2D eigenvalue weighted by molar-refractivity contribution is -0.119. The molecule has 4 nitrogen and oxygen atoms in total. The third-order valence-corrected chi connectivity index (χ3v) is 1.45. The van der Waals surface area contributed by atoms with Crippen LogP contribution in [0.5, 0.6) is 0 Å². The highest BCUT2D eigenvalue weighted by molar-refractivity contribution is 5.85. The topological polar surface area (TPSA) is 75.4 Å². The molecule has 1 aliphatic rings. The molecule has 1 saturated heterocycles. The molecule has 0 bridgehead atoms. The van der Waals surface area contributed by atoms with Gasteiger partial charge in [-0.25, -0.2) is 0 Å². The summed E-state index contributed by atoms with van der Waals surface area (Å²) in [6.45, 7) is 0.480. The van der Waals surface area contributed by atoms with Gasteiger partial charge in [-0.15, -0.1) is 12.4 Å². The molecule has 0 aliphatic carbocycles. The number of primary amides is 1. The Labute approximate surface area is 65.2 Å². The van der Waals surface area contributed by atoms with Gasteiger partial charge in [-0.1, -0.05) is 0 Å². The normalized spacial score (nSPS) is 31.3. The van der Waals surface area contributed by atoms with E-state index in [0.29, 0.717) is 13.0 Å². The van der Waals surface area contributed by atoms with Gasteiger partial charge in [-0.05, 0) is 6.42 Å². The molecule has 1 amide bonds. The minimum absolute atomic E-state index is 0. The van der Waals surface area contributed by atoms with Crippen LogP contribution in [0.3, 0.4) is 0 Å². The molecule has 2 atom stereocenters. The van der Waals surface area contributed by atoms with Gasteiger partial charge in [0.25, 0.3) is 0 Å². The molecule has 2 unspecified atom stereocenters. The fourth-order valence-electron chi connectivity index (χ4n) is 0.934. The van der Waals surface area contributed by atoms with Crippen molar-refractivity contribution in [1.29, 1.82) is 0 Å². The van der Waals surface area contributed by atoms with Gasteiger partial charge in [0, 0.05) is 6.54 Å². The number of hydrogen-bond donors (Lipinski definition) is 3. The number of amides is 1. The van der Waals surface area contributed by atoms with Crippen LogP contribution in [-0.2, 0) is 4.79 Å². The number of carbonyl (C=O) groups is 1. The molecule has 4 N–H and O–H groups in total. The quantitative estimate of drug-likeness (QED) is 0.449. The first-order chi connectivity index (χ1) is 4.20. The molecule has 0 aromatic rings. The predicted octanol–water partition coefficient (Wildman–Crippen LogP) is -1.38. The number of carbonyl (C=O) groups excluding carboxylic acids is 1. The Morgan fingerprint density at radius 2 is 2.30 bits per heavy atom. The number of rotatable bonds is 1. The Balaban J connectivity index is 0.000000810. The van der Waals surface area contributed by atoms with Crippen molar-refractivity contribution < 1.29 is 9.90 Å². The number of β-amino-alcohol motifs (C(OH)–C–C–N with tert-alkyl or cyclic N) is 1. The van der Waals surface area contributed by atoms with Gasteiger partial charge < -0.3 is 16.2 Å². The van der Waals surface area contributed by atoms with Crippen molar-refractivity contribution in [2.75, 3.05) is 6.54 Å². The average molecular weight is 167 g/mol. The Kier molecular flexibility index (Phi) is 3.63. The Morgan fingerprint density at radius 1 is 1.70 bits per heavy atom. The largest absolute Gasteiger partial charge is 0.392 e. The van der Waals surface area contributed by atoms with Crippen LogP contribution in [0.15, 0.2) is 0 Å². The van der Waals surface area contributed by atoms with Gasteiger partial charge in [0.2, 0.25) is 5.91 Å². The highest BCUT2D eigenvalue weighted by atomic mass is 35.5. The number of hydrogen-bond acceptors (Lipinski definition) is 3. The summed E-state index contributed by atoms with van der Waals surface area (Å²) in [5.41, 5.74) is 4.95. The van der Waals surface area contributed by atoms with Crippen LogP contribution in [-0.4, -0.2) is 29.7 Å². The molecule has 10 heavy (non-hydrogen) atoms. The van der Waals surface area contributed by atoms with E-state index in [1.165, 1.54) is 0 Å². The van der Waals surface area contributed by atoms with Crippen molar-refractivity contribution in [2.45, 2.75) is 18.6 Å². The second-order valence-electron chi connectivity index (χ2n) is 2.25. The van der Waals surface area contributed by atoms with Crippen LogP contribution < -0.4 is 11.1 Å². The van der Waals surface area contributed by atoms with E-state index in [2.05, 4.69) is 5.32 Å². The summed E-state index contributed by atoms with van der Waals surface area (Å²) < 4.78 is 0. The van der Waals surface area contributed by atoms with Crippen molar-refractivity contribution in [3.05, 3.63) is 0 Å². The van der Waals surface area contributed by atoms with Crippen molar-refractivity contribution in [1.82, 2.24) is 5.32 Å². The molecular weight excluding hydrogens is 156 g/mol. The summed E-state index contributed by atoms with van der Waals surface area (Å²) in [5.74, 6) is -0.383. The number of aliphatic hydroxyl groups is 1. The van der Waals surface area contributed by atoms with Crippen LogP contribution in [0.2, 0.25) is 0 Å². The summed E-state index contributed by atoms with van der Waals surface area (Å²) in [4.78, 5) is 10.4. The van der Waals surface area contributed by atoms with Crippen molar-refractivity contribution in [3.8, 4) is 0 Å². The second-order valence-corrected chi connectivity index (χ2v) is 2.25. The number of halogens is 1. The molecule has 5 heteroatoms. The fourth-order valence-corrected chi connectivity index (χ4v) is 0.934. The van der Waals surface area contributed by atoms with Gasteiger partial charge in [0.05, 0.1) is 12.1 Å². The van der Waals surface area contributed by atoms with E-state index in [1.54, 1.807) is 0 Å². The summed E-state index contributed by atoms with van der Waals surface area (Å²) in [7, 11) is 0. The van der Waals surface area contributed by atoms with Gasteiger partial charge in [-0.3, -0.25) is 4.79 Å². The van der Waals surface area contributed by atoms with E-state index >= 15 is 0 Å². The van der Waals surface area contributed by atoms with Crippen LogP contribution >= 0.6 is 12.4 Å². The lowest BCUT2D eigenvalue weighted by atomic mass is 10.2. The molecular formula is C5H11ClN2O2. The first kappa shape index (κ1) is 9.68. The van der Waals surface area contributed by atoms with Crippen molar-refractivity contribution >= 4 is 18.3 Å². The van der Waals surface area contributed by atoms with E-state index in [1.807, 2.05) is 0 Å². The van der Waals surface area contributed by atoms with Gasteiger partial charge >= 0.3 is 0 Å². The summed E-state index contributed by atoms with van der Waals surface area (Å²) in [6.07, 6.45) is 0.0532. The zero-order chi connectivity index (χ0) is 6.85. The maximum atomic E-state index is 10.4. The Morgan fingerprint density at radius 3 is 2.50 bits per heavy atom. The van der Waals surface area contributed by atoms with E-state index in [9.17, 15) is 4.79 Å². The molecule has 0 aromatic carbocycles. The summed E-state index contributed by atoms with van der Waals surface area (Å²) in [6, 6.07) is -0.319. The third kappa shape index (κ3) is 2.13. The molecule has 0 spiro atoms. The fraction of sp³-hybridized carbons (Fsp3) is 0.800. The molecule has 0 saturated carbocycles. The van der Waals surface area contributed by atoms with Crippen LogP contribution in [0.25, 0.3) is 0 Å².